The Hall–Kier alpha value is -0.480. The quantitative estimate of drug-likeness (QED) is 0.860. The van der Waals surface area contributed by atoms with Crippen LogP contribution in [-0.4, -0.2) is 10.2 Å². The first-order chi connectivity index (χ1) is 7.77. The fraction of sp³-hybridized carbons (Fsp3) is 0.833. The van der Waals surface area contributed by atoms with Crippen molar-refractivity contribution in [1.82, 2.24) is 10.2 Å². The van der Waals surface area contributed by atoms with Crippen LogP contribution in [0.4, 0.5) is 0 Å². The number of hydrogen-bond acceptors (Lipinski definition) is 4. The van der Waals surface area contributed by atoms with E-state index in [-0.39, 0.29) is 6.04 Å². The first-order valence-electron chi connectivity index (χ1n) is 6.36. The van der Waals surface area contributed by atoms with Gasteiger partial charge in [0.15, 0.2) is 0 Å². The van der Waals surface area contributed by atoms with Crippen LogP contribution < -0.4 is 5.73 Å². The van der Waals surface area contributed by atoms with Gasteiger partial charge in [-0.05, 0) is 19.8 Å². The van der Waals surface area contributed by atoms with Crippen molar-refractivity contribution in [2.75, 3.05) is 0 Å². The van der Waals surface area contributed by atoms with Crippen molar-refractivity contribution in [3.8, 4) is 0 Å². The van der Waals surface area contributed by atoms with Crippen molar-refractivity contribution in [3.05, 3.63) is 10.0 Å². The van der Waals surface area contributed by atoms with Crippen molar-refractivity contribution in [1.29, 1.82) is 0 Å². The third kappa shape index (κ3) is 3.01. The van der Waals surface area contributed by atoms with Gasteiger partial charge >= 0.3 is 0 Å². The number of nitrogens with zero attached hydrogens (tertiary/aromatic N) is 2. The van der Waals surface area contributed by atoms with Gasteiger partial charge in [-0.15, -0.1) is 10.2 Å². The highest BCUT2D eigenvalue weighted by atomic mass is 32.1. The standard InChI is InChI=1S/C12H21N3S/c1-9(13)11-14-15-12(16-11)10-7-5-3-2-4-6-8-10/h9-10H,2-8,13H2,1H3. The maximum Gasteiger partial charge on any atom is 0.133 e. The van der Waals surface area contributed by atoms with Gasteiger partial charge in [-0.3, -0.25) is 0 Å². The molecule has 0 radical (unpaired) electrons. The van der Waals surface area contributed by atoms with Crippen LogP contribution in [0.25, 0.3) is 0 Å². The van der Waals surface area contributed by atoms with Crippen LogP contribution in [0.15, 0.2) is 0 Å². The molecule has 1 unspecified atom stereocenters. The Morgan fingerprint density at radius 3 is 2.31 bits per heavy atom. The second-order valence-corrected chi connectivity index (χ2v) is 5.85. The molecule has 1 aromatic heterocycles. The molecule has 4 heteroatoms. The molecule has 0 aromatic carbocycles. The lowest BCUT2D eigenvalue weighted by atomic mass is 9.92. The molecule has 1 fully saturated rings. The van der Waals surface area contributed by atoms with E-state index in [4.69, 9.17) is 5.73 Å². The number of rotatable bonds is 2. The van der Waals surface area contributed by atoms with Gasteiger partial charge in [0.1, 0.15) is 10.0 Å². The Kier molecular flexibility index (Phi) is 4.29. The van der Waals surface area contributed by atoms with Crippen LogP contribution in [-0.2, 0) is 0 Å². The van der Waals surface area contributed by atoms with Crippen molar-refractivity contribution in [2.24, 2.45) is 5.73 Å². The zero-order valence-electron chi connectivity index (χ0n) is 9.98. The largest absolute Gasteiger partial charge is 0.322 e. The molecule has 1 aliphatic rings. The summed E-state index contributed by atoms with van der Waals surface area (Å²) in [7, 11) is 0. The maximum absolute atomic E-state index is 5.82. The molecular weight excluding hydrogens is 218 g/mol. The highest BCUT2D eigenvalue weighted by Gasteiger charge is 2.18. The molecule has 1 saturated carbocycles. The summed E-state index contributed by atoms with van der Waals surface area (Å²) in [6.45, 7) is 1.97. The van der Waals surface area contributed by atoms with E-state index in [9.17, 15) is 0 Å². The van der Waals surface area contributed by atoms with Crippen LogP contribution in [0.3, 0.4) is 0 Å². The van der Waals surface area contributed by atoms with Gasteiger partial charge in [0, 0.05) is 5.92 Å². The molecule has 2 rings (SSSR count). The van der Waals surface area contributed by atoms with E-state index in [0.29, 0.717) is 5.92 Å². The molecule has 1 aromatic rings. The minimum Gasteiger partial charge on any atom is -0.322 e. The summed E-state index contributed by atoms with van der Waals surface area (Å²) in [6, 6.07) is 0.0276. The molecule has 16 heavy (non-hydrogen) atoms. The lowest BCUT2D eigenvalue weighted by Crippen LogP contribution is -2.03. The van der Waals surface area contributed by atoms with Crippen molar-refractivity contribution < 1.29 is 0 Å². The minimum absolute atomic E-state index is 0.0276. The van der Waals surface area contributed by atoms with E-state index in [1.807, 2.05) is 6.92 Å². The predicted octanol–water partition coefficient (Wildman–Crippen LogP) is 3.39. The summed E-state index contributed by atoms with van der Waals surface area (Å²) in [6.07, 6.45) is 9.44. The Morgan fingerprint density at radius 2 is 1.75 bits per heavy atom. The normalized spacial score (nSPS) is 21.4. The van der Waals surface area contributed by atoms with E-state index in [1.165, 1.54) is 50.0 Å². The van der Waals surface area contributed by atoms with Crippen LogP contribution in [0, 0.1) is 0 Å². The molecule has 2 N–H and O–H groups in total. The van der Waals surface area contributed by atoms with E-state index in [2.05, 4.69) is 10.2 Å². The molecule has 0 saturated heterocycles. The molecule has 0 bridgehead atoms. The first kappa shape index (κ1) is 12.0. The second-order valence-electron chi connectivity index (χ2n) is 4.81. The lowest BCUT2D eigenvalue weighted by molar-refractivity contribution is 0.453. The topological polar surface area (TPSA) is 51.8 Å². The third-order valence-electron chi connectivity index (χ3n) is 3.30. The van der Waals surface area contributed by atoms with Crippen molar-refractivity contribution >= 4 is 11.3 Å². The number of hydrogen-bond donors (Lipinski definition) is 1. The third-order valence-corrected chi connectivity index (χ3v) is 4.59. The zero-order valence-corrected chi connectivity index (χ0v) is 10.8. The van der Waals surface area contributed by atoms with Gasteiger partial charge in [0.25, 0.3) is 0 Å². The molecule has 0 amide bonds. The second kappa shape index (κ2) is 5.73. The molecule has 1 heterocycles. The van der Waals surface area contributed by atoms with Gasteiger partial charge in [-0.25, -0.2) is 0 Å². The number of nitrogens with two attached hydrogens (primary N) is 1. The van der Waals surface area contributed by atoms with Gasteiger partial charge < -0.3 is 5.73 Å². The summed E-state index contributed by atoms with van der Waals surface area (Å²) in [5, 5.41) is 10.7. The van der Waals surface area contributed by atoms with Crippen LogP contribution in [0.2, 0.25) is 0 Å². The first-order valence-corrected chi connectivity index (χ1v) is 7.18. The number of aromatic nitrogens is 2. The summed E-state index contributed by atoms with van der Waals surface area (Å²) >= 11 is 1.72. The summed E-state index contributed by atoms with van der Waals surface area (Å²) in [4.78, 5) is 0. The summed E-state index contributed by atoms with van der Waals surface area (Å²) in [5.41, 5.74) is 5.82. The average Bonchev–Trinajstić information content (AvgIpc) is 2.66. The minimum atomic E-state index is 0.0276. The van der Waals surface area contributed by atoms with Crippen LogP contribution in [0.5, 0.6) is 0 Å². The summed E-state index contributed by atoms with van der Waals surface area (Å²) < 4.78 is 0. The van der Waals surface area contributed by atoms with Crippen molar-refractivity contribution in [2.45, 2.75) is 63.8 Å². The molecule has 3 nitrogen and oxygen atoms in total. The monoisotopic (exact) mass is 239 g/mol. The van der Waals surface area contributed by atoms with Crippen LogP contribution in [0.1, 0.15) is 73.8 Å². The lowest BCUT2D eigenvalue weighted by Gasteiger charge is -2.16. The average molecular weight is 239 g/mol. The van der Waals surface area contributed by atoms with E-state index >= 15 is 0 Å². The van der Waals surface area contributed by atoms with Crippen molar-refractivity contribution in [3.63, 3.8) is 0 Å². The molecule has 0 aliphatic heterocycles. The highest BCUT2D eigenvalue weighted by Crippen LogP contribution is 2.33. The highest BCUT2D eigenvalue weighted by molar-refractivity contribution is 7.11. The molecule has 90 valence electrons. The molecule has 1 atom stereocenters. The SMILES string of the molecule is CC(N)c1nnc(C2CCCCCCC2)s1. The smallest absolute Gasteiger partial charge is 0.133 e. The zero-order chi connectivity index (χ0) is 11.4. The van der Waals surface area contributed by atoms with Gasteiger partial charge in [0.2, 0.25) is 0 Å². The summed E-state index contributed by atoms with van der Waals surface area (Å²) in [5.74, 6) is 0.644. The Balaban J connectivity index is 2.02. The van der Waals surface area contributed by atoms with E-state index in [1.54, 1.807) is 11.3 Å². The fourth-order valence-corrected chi connectivity index (χ4v) is 3.26. The van der Waals surface area contributed by atoms with Crippen LogP contribution >= 0.6 is 11.3 Å². The fourth-order valence-electron chi connectivity index (χ4n) is 2.30. The maximum atomic E-state index is 5.82. The molecule has 1 aliphatic carbocycles. The Labute approximate surface area is 101 Å². The van der Waals surface area contributed by atoms with E-state index in [0.717, 1.165) is 5.01 Å². The van der Waals surface area contributed by atoms with E-state index < -0.39 is 0 Å². The van der Waals surface area contributed by atoms with Gasteiger partial charge in [0.05, 0.1) is 6.04 Å². The predicted molar refractivity (Wildman–Crippen MR) is 67.6 cm³/mol. The Bertz CT molecular complexity index is 314. The van der Waals surface area contributed by atoms with Gasteiger partial charge in [-0.2, -0.15) is 0 Å². The Morgan fingerprint density at radius 1 is 1.12 bits per heavy atom. The molecular formula is C12H21N3S. The molecule has 0 spiro atoms. The van der Waals surface area contributed by atoms with Gasteiger partial charge in [-0.1, -0.05) is 43.4 Å².